The molecule has 0 N–H and O–H groups in total. The molecule has 206 valence electrons. The molecule has 0 bridgehead atoms. The lowest BCUT2D eigenvalue weighted by molar-refractivity contribution is -0.132. The number of hydrogen-bond acceptors (Lipinski definition) is 6. The monoisotopic (exact) mass is 566 g/mol. The van der Waals surface area contributed by atoms with Gasteiger partial charge < -0.3 is 14.4 Å². The van der Waals surface area contributed by atoms with Crippen molar-refractivity contribution >= 4 is 38.0 Å². The van der Waals surface area contributed by atoms with Gasteiger partial charge in [0.15, 0.2) is 11.5 Å². The van der Waals surface area contributed by atoms with Crippen LogP contribution in [-0.2, 0) is 27.8 Å². The van der Waals surface area contributed by atoms with Crippen LogP contribution in [0.2, 0.25) is 0 Å². The van der Waals surface area contributed by atoms with Gasteiger partial charge in [0.25, 0.3) is 0 Å². The van der Waals surface area contributed by atoms with Crippen molar-refractivity contribution in [2.24, 2.45) is 0 Å². The molecule has 0 fully saturated rings. The van der Waals surface area contributed by atoms with Crippen LogP contribution in [0.25, 0.3) is 10.8 Å². The van der Waals surface area contributed by atoms with Gasteiger partial charge in [0.05, 0.1) is 32.2 Å². The molecule has 0 aliphatic carbocycles. The molecule has 0 aliphatic heterocycles. The summed E-state index contributed by atoms with van der Waals surface area (Å²) in [5, 5.41) is 3.47. The van der Waals surface area contributed by atoms with Crippen LogP contribution in [0.3, 0.4) is 0 Å². The predicted octanol–water partition coefficient (Wildman–Crippen LogP) is 5.59. The lowest BCUT2D eigenvalue weighted by Gasteiger charge is -2.27. The van der Waals surface area contributed by atoms with Crippen LogP contribution in [0.15, 0.2) is 83.1 Å². The van der Waals surface area contributed by atoms with Gasteiger partial charge in [0, 0.05) is 23.4 Å². The topological polar surface area (TPSA) is 76.2 Å². The van der Waals surface area contributed by atoms with E-state index in [1.165, 1.54) is 4.31 Å². The average molecular weight is 567 g/mol. The van der Waals surface area contributed by atoms with Crippen LogP contribution in [0, 0.1) is 0 Å². The summed E-state index contributed by atoms with van der Waals surface area (Å²) in [6.45, 7) is 2.78. The first-order chi connectivity index (χ1) is 18.9. The minimum absolute atomic E-state index is 0.219. The zero-order valence-corrected chi connectivity index (χ0v) is 24.1. The second-order valence-corrected chi connectivity index (χ2v) is 12.1. The van der Waals surface area contributed by atoms with Gasteiger partial charge in [0.2, 0.25) is 15.9 Å². The predicted molar refractivity (Wildman–Crippen MR) is 156 cm³/mol. The third-order valence-corrected chi connectivity index (χ3v) is 9.31. The average Bonchev–Trinajstić information content (AvgIpc) is 3.47. The lowest BCUT2D eigenvalue weighted by Crippen LogP contribution is -2.43. The van der Waals surface area contributed by atoms with Crippen molar-refractivity contribution in [1.82, 2.24) is 9.21 Å². The molecule has 0 saturated heterocycles. The summed E-state index contributed by atoms with van der Waals surface area (Å²) in [5.74, 6) is 1.03. The SMILES string of the molecule is CCCN(CC(=O)N(CCc1ccc(OC)c(OC)c1)Cc1cccs1)S(=O)(=O)c1cccc2ccccc12. The Balaban J connectivity index is 1.58. The third-order valence-electron chi connectivity index (χ3n) is 6.55. The minimum Gasteiger partial charge on any atom is -0.493 e. The quantitative estimate of drug-likeness (QED) is 0.211. The second kappa shape index (κ2) is 13.1. The molecule has 7 nitrogen and oxygen atoms in total. The molecule has 0 atom stereocenters. The fraction of sp³-hybridized carbons (Fsp3) is 0.300. The van der Waals surface area contributed by atoms with Crippen molar-refractivity contribution in [2.45, 2.75) is 31.2 Å². The van der Waals surface area contributed by atoms with Gasteiger partial charge in [-0.3, -0.25) is 4.79 Å². The van der Waals surface area contributed by atoms with E-state index in [0.29, 0.717) is 42.8 Å². The summed E-state index contributed by atoms with van der Waals surface area (Å²) in [5.41, 5.74) is 0.991. The summed E-state index contributed by atoms with van der Waals surface area (Å²) in [6, 6.07) is 22.3. The highest BCUT2D eigenvalue weighted by Gasteiger charge is 2.29. The van der Waals surface area contributed by atoms with Crippen molar-refractivity contribution in [3.8, 4) is 11.5 Å². The zero-order chi connectivity index (χ0) is 27.8. The van der Waals surface area contributed by atoms with E-state index in [4.69, 9.17) is 9.47 Å². The lowest BCUT2D eigenvalue weighted by atomic mass is 10.1. The number of benzene rings is 3. The molecule has 1 amide bonds. The number of ether oxygens (including phenoxy) is 2. The van der Waals surface area contributed by atoms with E-state index >= 15 is 0 Å². The van der Waals surface area contributed by atoms with Crippen molar-refractivity contribution in [3.05, 3.63) is 88.6 Å². The first kappa shape index (κ1) is 28.6. The van der Waals surface area contributed by atoms with Gasteiger partial charge in [-0.2, -0.15) is 4.31 Å². The van der Waals surface area contributed by atoms with Crippen molar-refractivity contribution in [3.63, 3.8) is 0 Å². The first-order valence-corrected chi connectivity index (χ1v) is 15.2. The van der Waals surface area contributed by atoms with Crippen LogP contribution in [0.5, 0.6) is 11.5 Å². The van der Waals surface area contributed by atoms with E-state index in [0.717, 1.165) is 15.8 Å². The summed E-state index contributed by atoms with van der Waals surface area (Å²) >= 11 is 1.57. The van der Waals surface area contributed by atoms with Crippen molar-refractivity contribution in [2.75, 3.05) is 33.9 Å². The van der Waals surface area contributed by atoms with Gasteiger partial charge in [-0.25, -0.2) is 8.42 Å². The largest absolute Gasteiger partial charge is 0.493 e. The summed E-state index contributed by atoms with van der Waals surface area (Å²) in [4.78, 5) is 16.7. The minimum atomic E-state index is -3.91. The molecular weight excluding hydrogens is 532 g/mol. The Morgan fingerprint density at radius 2 is 1.67 bits per heavy atom. The number of carbonyl (C=O) groups is 1. The van der Waals surface area contributed by atoms with E-state index in [-0.39, 0.29) is 23.9 Å². The van der Waals surface area contributed by atoms with Gasteiger partial charge in [-0.15, -0.1) is 11.3 Å². The number of hydrogen-bond donors (Lipinski definition) is 0. The van der Waals surface area contributed by atoms with E-state index < -0.39 is 10.0 Å². The number of methoxy groups -OCH3 is 2. The summed E-state index contributed by atoms with van der Waals surface area (Å²) in [7, 11) is -0.725. The van der Waals surface area contributed by atoms with Gasteiger partial charge in [-0.05, 0) is 53.4 Å². The Labute approximate surface area is 234 Å². The number of rotatable bonds is 13. The number of amides is 1. The molecule has 0 unspecified atom stereocenters. The molecule has 1 aromatic heterocycles. The molecule has 4 aromatic rings. The van der Waals surface area contributed by atoms with E-state index in [1.54, 1.807) is 48.7 Å². The highest BCUT2D eigenvalue weighted by Crippen LogP contribution is 2.28. The van der Waals surface area contributed by atoms with Gasteiger partial charge >= 0.3 is 0 Å². The Bertz CT molecular complexity index is 1500. The maximum absolute atomic E-state index is 13.9. The molecule has 1 heterocycles. The first-order valence-electron chi connectivity index (χ1n) is 12.9. The second-order valence-electron chi connectivity index (χ2n) is 9.15. The molecule has 39 heavy (non-hydrogen) atoms. The molecule has 9 heteroatoms. The van der Waals surface area contributed by atoms with E-state index in [9.17, 15) is 13.2 Å². The molecule has 0 aliphatic rings. The van der Waals surface area contributed by atoms with Crippen molar-refractivity contribution in [1.29, 1.82) is 0 Å². The van der Waals surface area contributed by atoms with Crippen LogP contribution in [-0.4, -0.2) is 57.4 Å². The van der Waals surface area contributed by atoms with Crippen LogP contribution >= 0.6 is 11.3 Å². The molecule has 4 rings (SSSR count). The Morgan fingerprint density at radius 1 is 0.897 bits per heavy atom. The molecular formula is C30H34N2O5S2. The van der Waals surface area contributed by atoms with E-state index in [1.807, 2.05) is 66.9 Å². The Morgan fingerprint density at radius 3 is 2.38 bits per heavy atom. The maximum atomic E-state index is 13.9. The summed E-state index contributed by atoms with van der Waals surface area (Å²) in [6.07, 6.45) is 1.18. The van der Waals surface area contributed by atoms with Crippen LogP contribution in [0.4, 0.5) is 0 Å². The van der Waals surface area contributed by atoms with Crippen LogP contribution < -0.4 is 9.47 Å². The number of thiophene rings is 1. The third kappa shape index (κ3) is 6.79. The highest BCUT2D eigenvalue weighted by atomic mass is 32.2. The molecule has 0 spiro atoms. The zero-order valence-electron chi connectivity index (χ0n) is 22.5. The molecule has 0 saturated carbocycles. The fourth-order valence-electron chi connectivity index (χ4n) is 4.53. The maximum Gasteiger partial charge on any atom is 0.244 e. The number of nitrogens with zero attached hydrogens (tertiary/aromatic N) is 2. The molecule has 0 radical (unpaired) electrons. The number of carbonyl (C=O) groups excluding carboxylic acids is 1. The van der Waals surface area contributed by atoms with Crippen LogP contribution in [0.1, 0.15) is 23.8 Å². The van der Waals surface area contributed by atoms with E-state index in [2.05, 4.69) is 0 Å². The highest BCUT2D eigenvalue weighted by molar-refractivity contribution is 7.89. The number of fused-ring (bicyclic) bond motifs is 1. The number of sulfonamides is 1. The fourth-order valence-corrected chi connectivity index (χ4v) is 6.94. The van der Waals surface area contributed by atoms with Gasteiger partial charge in [0.1, 0.15) is 0 Å². The normalized spacial score (nSPS) is 11.6. The van der Waals surface area contributed by atoms with Crippen molar-refractivity contribution < 1.29 is 22.7 Å². The Kier molecular flexibility index (Phi) is 9.61. The summed E-state index contributed by atoms with van der Waals surface area (Å²) < 4.78 is 39.8. The standard InChI is InChI=1S/C30H34N2O5S2/c1-4-17-32(39(34,35)29-13-7-10-24-9-5-6-12-26(24)29)22-30(33)31(21-25-11-8-19-38-25)18-16-23-14-15-27(36-2)28(20-23)37-3/h5-15,19-20H,4,16-18,21-22H2,1-3H3. The molecule has 3 aromatic carbocycles. The van der Waals surface area contributed by atoms with Gasteiger partial charge in [-0.1, -0.05) is 55.5 Å². The smallest absolute Gasteiger partial charge is 0.244 e. The Hall–Kier alpha value is -3.40.